The molecular weight excluding hydrogens is 438 g/mol. The predicted molar refractivity (Wildman–Crippen MR) is 129 cm³/mol. The Morgan fingerprint density at radius 3 is 2.48 bits per heavy atom. The van der Waals surface area contributed by atoms with Crippen LogP contribution in [-0.2, 0) is 6.54 Å². The van der Waals surface area contributed by atoms with Gasteiger partial charge in [0.2, 0.25) is 0 Å². The number of benzene rings is 2. The van der Waals surface area contributed by atoms with Crippen LogP contribution in [-0.4, -0.2) is 62.0 Å². The fraction of sp³-hybridized carbons (Fsp3) is 0.280. The molecule has 7 nitrogen and oxygen atoms in total. The fourth-order valence-corrected chi connectivity index (χ4v) is 4.49. The van der Waals surface area contributed by atoms with E-state index in [9.17, 15) is 9.59 Å². The molecule has 1 aliphatic rings. The highest BCUT2D eigenvalue weighted by Gasteiger charge is 2.23. The van der Waals surface area contributed by atoms with E-state index >= 15 is 0 Å². The summed E-state index contributed by atoms with van der Waals surface area (Å²) in [7, 11) is 3.32. The van der Waals surface area contributed by atoms with E-state index in [-0.39, 0.29) is 11.8 Å². The predicted octanol–water partition coefficient (Wildman–Crippen LogP) is 3.98. The molecule has 0 spiro atoms. The largest absolute Gasteiger partial charge is 0.497 e. The van der Waals surface area contributed by atoms with Crippen LogP contribution < -0.4 is 14.8 Å². The van der Waals surface area contributed by atoms with Gasteiger partial charge in [-0.15, -0.1) is 11.3 Å². The molecule has 33 heavy (non-hydrogen) atoms. The lowest BCUT2D eigenvalue weighted by atomic mass is 10.1. The summed E-state index contributed by atoms with van der Waals surface area (Å²) in [5.41, 5.74) is 2.25. The van der Waals surface area contributed by atoms with E-state index in [4.69, 9.17) is 9.47 Å². The number of nitrogens with one attached hydrogen (secondary N) is 1. The zero-order chi connectivity index (χ0) is 23.2. The van der Waals surface area contributed by atoms with Crippen LogP contribution in [0.3, 0.4) is 0 Å². The normalized spacial score (nSPS) is 14.1. The van der Waals surface area contributed by atoms with E-state index in [1.54, 1.807) is 44.6 Å². The number of nitrogens with zero attached hydrogens (tertiary/aromatic N) is 2. The van der Waals surface area contributed by atoms with Gasteiger partial charge in [0.1, 0.15) is 11.5 Å². The Hall–Kier alpha value is -3.36. The Balaban J connectivity index is 1.35. The molecular formula is C25H27N3O4S. The molecule has 2 heterocycles. The van der Waals surface area contributed by atoms with E-state index in [1.807, 2.05) is 34.5 Å². The van der Waals surface area contributed by atoms with Gasteiger partial charge in [-0.05, 0) is 47.8 Å². The van der Waals surface area contributed by atoms with Crippen molar-refractivity contribution < 1.29 is 19.1 Å². The number of hydrogen-bond acceptors (Lipinski definition) is 6. The standard InChI is InChI=1S/C25H27N3O4S/c1-31-21-8-9-22(32-2)19(16-21)17-27-10-12-28(13-11-27)25(30)18-5-3-6-20(15-18)26-24(29)23-7-4-14-33-23/h3-9,14-16H,10-13,17H2,1-2H3,(H,26,29). The molecule has 1 fully saturated rings. The van der Waals surface area contributed by atoms with E-state index in [0.717, 1.165) is 36.7 Å². The first kappa shape index (κ1) is 22.8. The van der Waals surface area contributed by atoms with Crippen molar-refractivity contribution in [1.82, 2.24) is 9.80 Å². The third kappa shape index (κ3) is 5.53. The average Bonchev–Trinajstić information content (AvgIpc) is 3.39. The van der Waals surface area contributed by atoms with Gasteiger partial charge >= 0.3 is 0 Å². The molecule has 0 atom stereocenters. The molecule has 3 aromatic rings. The molecule has 0 unspecified atom stereocenters. The van der Waals surface area contributed by atoms with E-state index in [0.29, 0.717) is 29.2 Å². The third-order valence-corrected chi connectivity index (χ3v) is 6.52. The van der Waals surface area contributed by atoms with E-state index in [2.05, 4.69) is 10.2 Å². The highest BCUT2D eigenvalue weighted by atomic mass is 32.1. The van der Waals surface area contributed by atoms with Crippen LogP contribution in [0.2, 0.25) is 0 Å². The number of carbonyl (C=O) groups is 2. The number of amides is 2. The monoisotopic (exact) mass is 465 g/mol. The van der Waals surface area contributed by atoms with Crippen molar-refractivity contribution in [3.05, 3.63) is 76.0 Å². The van der Waals surface area contributed by atoms with Crippen molar-refractivity contribution in [3.8, 4) is 11.5 Å². The molecule has 1 aliphatic heterocycles. The first-order valence-electron chi connectivity index (χ1n) is 10.7. The molecule has 2 aromatic carbocycles. The number of thiophene rings is 1. The number of rotatable bonds is 7. The Morgan fingerprint density at radius 2 is 1.79 bits per heavy atom. The maximum absolute atomic E-state index is 13.1. The third-order valence-electron chi connectivity index (χ3n) is 5.65. The van der Waals surface area contributed by atoms with Crippen LogP contribution in [0.15, 0.2) is 60.0 Å². The van der Waals surface area contributed by atoms with Crippen molar-refractivity contribution in [2.75, 3.05) is 45.7 Å². The van der Waals surface area contributed by atoms with Gasteiger partial charge in [0.15, 0.2) is 0 Å². The summed E-state index contributed by atoms with van der Waals surface area (Å²) in [6.07, 6.45) is 0. The van der Waals surface area contributed by atoms with Gasteiger partial charge < -0.3 is 19.7 Å². The van der Waals surface area contributed by atoms with Crippen LogP contribution >= 0.6 is 11.3 Å². The average molecular weight is 466 g/mol. The summed E-state index contributed by atoms with van der Waals surface area (Å²) >= 11 is 1.38. The minimum Gasteiger partial charge on any atom is -0.497 e. The summed E-state index contributed by atoms with van der Waals surface area (Å²) in [6, 6.07) is 16.5. The van der Waals surface area contributed by atoms with Crippen LogP contribution in [0.4, 0.5) is 5.69 Å². The Kier molecular flexibility index (Phi) is 7.26. The van der Waals surface area contributed by atoms with Crippen molar-refractivity contribution in [2.24, 2.45) is 0 Å². The molecule has 0 bridgehead atoms. The van der Waals surface area contributed by atoms with Gasteiger partial charge in [-0.2, -0.15) is 0 Å². The first-order chi connectivity index (χ1) is 16.1. The SMILES string of the molecule is COc1ccc(OC)c(CN2CCN(C(=O)c3cccc(NC(=O)c4cccs4)c3)CC2)c1. The maximum atomic E-state index is 13.1. The molecule has 1 N–H and O–H groups in total. The van der Waals surface area contributed by atoms with Gasteiger partial charge in [0, 0.05) is 49.5 Å². The Labute approximate surface area is 197 Å². The smallest absolute Gasteiger partial charge is 0.265 e. The molecule has 0 saturated carbocycles. The van der Waals surface area contributed by atoms with Crippen molar-refractivity contribution in [3.63, 3.8) is 0 Å². The molecule has 1 aromatic heterocycles. The van der Waals surface area contributed by atoms with Gasteiger partial charge in [0.25, 0.3) is 11.8 Å². The topological polar surface area (TPSA) is 71.1 Å². The zero-order valence-electron chi connectivity index (χ0n) is 18.7. The first-order valence-corrected chi connectivity index (χ1v) is 11.6. The van der Waals surface area contributed by atoms with Crippen molar-refractivity contribution in [2.45, 2.75) is 6.54 Å². The Bertz CT molecular complexity index is 1110. The number of ether oxygens (including phenoxy) is 2. The van der Waals surface area contributed by atoms with Gasteiger partial charge in [-0.3, -0.25) is 14.5 Å². The zero-order valence-corrected chi connectivity index (χ0v) is 19.6. The van der Waals surface area contributed by atoms with Crippen LogP contribution in [0, 0.1) is 0 Å². The molecule has 0 radical (unpaired) electrons. The summed E-state index contributed by atoms with van der Waals surface area (Å²) in [5, 5.41) is 4.73. The number of carbonyl (C=O) groups excluding carboxylic acids is 2. The van der Waals surface area contributed by atoms with E-state index in [1.165, 1.54) is 11.3 Å². The number of hydrogen-bond donors (Lipinski definition) is 1. The lowest BCUT2D eigenvalue weighted by Gasteiger charge is -2.35. The van der Waals surface area contributed by atoms with Crippen LogP contribution in [0.5, 0.6) is 11.5 Å². The second-order valence-corrected chi connectivity index (χ2v) is 8.71. The number of anilines is 1. The lowest BCUT2D eigenvalue weighted by molar-refractivity contribution is 0.0627. The minimum absolute atomic E-state index is 0.0270. The quantitative estimate of drug-likeness (QED) is 0.572. The molecule has 2 amide bonds. The lowest BCUT2D eigenvalue weighted by Crippen LogP contribution is -2.48. The number of piperazine rings is 1. The summed E-state index contributed by atoms with van der Waals surface area (Å²) in [6.45, 7) is 3.53. The second kappa shape index (κ2) is 10.5. The molecule has 4 rings (SSSR count). The van der Waals surface area contributed by atoms with Crippen LogP contribution in [0.25, 0.3) is 0 Å². The van der Waals surface area contributed by atoms with Gasteiger partial charge in [0.05, 0.1) is 19.1 Å². The summed E-state index contributed by atoms with van der Waals surface area (Å²) in [5.74, 6) is 1.43. The highest BCUT2D eigenvalue weighted by molar-refractivity contribution is 7.12. The Morgan fingerprint density at radius 1 is 0.970 bits per heavy atom. The summed E-state index contributed by atoms with van der Waals surface area (Å²) in [4.78, 5) is 30.2. The van der Waals surface area contributed by atoms with E-state index < -0.39 is 0 Å². The molecule has 172 valence electrons. The molecule has 0 aliphatic carbocycles. The van der Waals surface area contributed by atoms with Crippen LogP contribution in [0.1, 0.15) is 25.6 Å². The fourth-order valence-electron chi connectivity index (χ4n) is 3.87. The number of methoxy groups -OCH3 is 2. The maximum Gasteiger partial charge on any atom is 0.265 e. The summed E-state index contributed by atoms with van der Waals surface area (Å²) < 4.78 is 10.8. The highest BCUT2D eigenvalue weighted by Crippen LogP contribution is 2.26. The second-order valence-electron chi connectivity index (χ2n) is 7.76. The van der Waals surface area contributed by atoms with Crippen molar-refractivity contribution >= 4 is 28.8 Å². The minimum atomic E-state index is -0.170. The van der Waals surface area contributed by atoms with Gasteiger partial charge in [-0.1, -0.05) is 12.1 Å². The molecule has 1 saturated heterocycles. The van der Waals surface area contributed by atoms with Gasteiger partial charge in [-0.25, -0.2) is 0 Å². The van der Waals surface area contributed by atoms with Crippen molar-refractivity contribution in [1.29, 1.82) is 0 Å². The molecule has 8 heteroatoms.